The van der Waals surface area contributed by atoms with Gasteiger partial charge in [-0.3, -0.25) is 14.4 Å². The second kappa shape index (κ2) is 17.8. The average Bonchev–Trinajstić information content (AvgIpc) is 3.22. The van der Waals surface area contributed by atoms with Crippen LogP contribution < -0.4 is 16.4 Å². The number of thioether (sulfide) groups is 2. The minimum Gasteiger partial charge on any atom is -0.368 e. The zero-order chi connectivity index (χ0) is 36.9. The summed E-state index contributed by atoms with van der Waals surface area (Å²) in [6, 6.07) is 59.5. The first-order chi connectivity index (χ1) is 25.9. The molecule has 3 amide bonds. The first-order valence-corrected chi connectivity index (χ1v) is 19.4. The van der Waals surface area contributed by atoms with Gasteiger partial charge in [0.25, 0.3) is 0 Å². The highest BCUT2D eigenvalue weighted by Crippen LogP contribution is 2.49. The van der Waals surface area contributed by atoms with Gasteiger partial charge in [0.2, 0.25) is 17.7 Å². The lowest BCUT2D eigenvalue weighted by Crippen LogP contribution is -2.52. The minimum atomic E-state index is -1.10. The van der Waals surface area contributed by atoms with E-state index >= 15 is 0 Å². The molecule has 0 radical (unpaired) electrons. The molecule has 0 spiro atoms. The third-order valence-corrected chi connectivity index (χ3v) is 12.2. The second-order valence-corrected chi connectivity index (χ2v) is 14.8. The zero-order valence-electron chi connectivity index (χ0n) is 29.1. The smallest absolute Gasteiger partial charge is 0.241 e. The molecule has 6 nitrogen and oxygen atoms in total. The van der Waals surface area contributed by atoms with E-state index in [0.29, 0.717) is 0 Å². The zero-order valence-corrected chi connectivity index (χ0v) is 30.8. The molecule has 0 saturated carbocycles. The van der Waals surface area contributed by atoms with Crippen LogP contribution in [0.5, 0.6) is 0 Å². The number of hydrogen-bond acceptors (Lipinski definition) is 5. The molecule has 6 rings (SSSR count). The Morgan fingerprint density at radius 3 is 0.981 bits per heavy atom. The van der Waals surface area contributed by atoms with Gasteiger partial charge in [-0.2, -0.15) is 0 Å². The fourth-order valence-electron chi connectivity index (χ4n) is 6.61. The standard InChI is InChI=1S/C45H41N3O3S2/c46-43(51)40(48-42(50)33-53-45(37-25-13-4-14-26-37,38-27-15-5-16-28-38)39-29-17-6-18-30-39)31-47-41(49)32-52-44(34-19-7-1-8-20-34,35-21-9-2-10-22-35)36-23-11-3-12-24-36/h1-30,40H,31-33H2,(H2,46,51)(H,47,49)(H,48,50)/t40-/m0/s1. The molecule has 1 atom stereocenters. The van der Waals surface area contributed by atoms with Crippen molar-refractivity contribution in [2.24, 2.45) is 5.73 Å². The number of carbonyl (C=O) groups is 3. The quantitative estimate of drug-likeness (QED) is 0.0894. The number of rotatable bonds is 16. The summed E-state index contributed by atoms with van der Waals surface area (Å²) < 4.78 is -1.39. The summed E-state index contributed by atoms with van der Waals surface area (Å²) in [6.45, 7) is -0.138. The van der Waals surface area contributed by atoms with E-state index in [4.69, 9.17) is 5.73 Å². The highest BCUT2D eigenvalue weighted by atomic mass is 32.2. The van der Waals surface area contributed by atoms with Gasteiger partial charge in [-0.05, 0) is 33.4 Å². The summed E-state index contributed by atoms with van der Waals surface area (Å²) in [5.41, 5.74) is 11.9. The molecule has 4 N–H and O–H groups in total. The van der Waals surface area contributed by atoms with Crippen molar-refractivity contribution in [1.82, 2.24) is 10.6 Å². The molecule has 0 aromatic heterocycles. The first kappa shape index (κ1) is 37.2. The van der Waals surface area contributed by atoms with E-state index in [1.807, 2.05) is 109 Å². The fraction of sp³-hybridized carbons (Fsp3) is 0.133. The van der Waals surface area contributed by atoms with Gasteiger partial charge in [0, 0.05) is 6.54 Å². The molecular formula is C45H41N3O3S2. The van der Waals surface area contributed by atoms with Gasteiger partial charge in [-0.25, -0.2) is 0 Å². The van der Waals surface area contributed by atoms with E-state index in [9.17, 15) is 14.4 Å². The van der Waals surface area contributed by atoms with E-state index in [1.165, 1.54) is 23.5 Å². The molecule has 0 aliphatic heterocycles. The topological polar surface area (TPSA) is 101 Å². The predicted octanol–water partition coefficient (Wildman–Crippen LogP) is 7.52. The van der Waals surface area contributed by atoms with E-state index in [2.05, 4.69) is 83.4 Å². The van der Waals surface area contributed by atoms with Crippen LogP contribution in [0.3, 0.4) is 0 Å². The maximum Gasteiger partial charge on any atom is 0.241 e. The van der Waals surface area contributed by atoms with Crippen molar-refractivity contribution in [3.63, 3.8) is 0 Å². The van der Waals surface area contributed by atoms with E-state index < -0.39 is 21.4 Å². The van der Waals surface area contributed by atoms with E-state index in [-0.39, 0.29) is 29.9 Å². The lowest BCUT2D eigenvalue weighted by Gasteiger charge is -2.35. The number of nitrogens with two attached hydrogens (primary N) is 1. The van der Waals surface area contributed by atoms with Crippen molar-refractivity contribution in [2.75, 3.05) is 18.1 Å². The largest absolute Gasteiger partial charge is 0.368 e. The van der Waals surface area contributed by atoms with Crippen molar-refractivity contribution >= 4 is 41.2 Å². The fourth-order valence-corrected chi connectivity index (χ4v) is 9.31. The Labute approximate surface area is 319 Å². The number of nitrogens with one attached hydrogen (secondary N) is 2. The second-order valence-electron chi connectivity index (χ2n) is 12.5. The Morgan fingerprint density at radius 1 is 0.453 bits per heavy atom. The van der Waals surface area contributed by atoms with Crippen LogP contribution >= 0.6 is 23.5 Å². The molecule has 0 unspecified atom stereocenters. The van der Waals surface area contributed by atoms with Crippen LogP contribution in [-0.4, -0.2) is 41.8 Å². The van der Waals surface area contributed by atoms with Gasteiger partial charge in [-0.15, -0.1) is 23.5 Å². The van der Waals surface area contributed by atoms with Crippen molar-refractivity contribution < 1.29 is 14.4 Å². The first-order valence-electron chi connectivity index (χ1n) is 17.4. The molecule has 6 aromatic carbocycles. The number of benzene rings is 6. The summed E-state index contributed by atoms with van der Waals surface area (Å²) >= 11 is 2.96. The van der Waals surface area contributed by atoms with E-state index in [1.54, 1.807) is 0 Å². The Balaban J connectivity index is 1.17. The van der Waals surface area contributed by atoms with Crippen LogP contribution in [0.1, 0.15) is 33.4 Å². The molecule has 0 saturated heterocycles. The summed E-state index contributed by atoms with van der Waals surface area (Å²) in [4.78, 5) is 39.8. The van der Waals surface area contributed by atoms with Gasteiger partial charge in [0.05, 0.1) is 21.0 Å². The Bertz CT molecular complexity index is 1880. The molecule has 0 fully saturated rings. The Kier molecular flexibility index (Phi) is 12.5. The summed E-state index contributed by atoms with van der Waals surface area (Å²) in [6.07, 6.45) is 0. The Morgan fingerprint density at radius 2 is 0.717 bits per heavy atom. The maximum absolute atomic E-state index is 13.6. The van der Waals surface area contributed by atoms with Gasteiger partial charge in [-0.1, -0.05) is 182 Å². The van der Waals surface area contributed by atoms with E-state index in [0.717, 1.165) is 33.4 Å². The molecule has 0 aliphatic carbocycles. The molecule has 0 aliphatic rings. The van der Waals surface area contributed by atoms with Crippen LogP contribution in [0.15, 0.2) is 182 Å². The van der Waals surface area contributed by atoms with Gasteiger partial charge < -0.3 is 16.4 Å². The van der Waals surface area contributed by atoms with Crippen molar-refractivity contribution in [1.29, 1.82) is 0 Å². The van der Waals surface area contributed by atoms with Crippen LogP contribution in [0.25, 0.3) is 0 Å². The summed E-state index contributed by atoms with van der Waals surface area (Å²) in [5.74, 6) is -1.27. The van der Waals surface area contributed by atoms with Crippen molar-refractivity contribution in [2.45, 2.75) is 15.5 Å². The lowest BCUT2D eigenvalue weighted by molar-refractivity contribution is -0.126. The average molecular weight is 736 g/mol. The van der Waals surface area contributed by atoms with Crippen molar-refractivity contribution in [3.8, 4) is 0 Å². The molecular weight excluding hydrogens is 695 g/mol. The SMILES string of the molecule is NC(=O)[C@H](CNC(=O)CSC(c1ccccc1)(c1ccccc1)c1ccccc1)NC(=O)CSC(c1ccccc1)(c1ccccc1)c1ccccc1. The maximum atomic E-state index is 13.6. The Hall–Kier alpha value is -5.57. The number of carbonyl (C=O) groups excluding carboxylic acids is 3. The lowest BCUT2D eigenvalue weighted by atomic mass is 9.84. The highest BCUT2D eigenvalue weighted by Gasteiger charge is 2.39. The monoisotopic (exact) mass is 735 g/mol. The molecule has 0 bridgehead atoms. The molecule has 6 aromatic rings. The predicted molar refractivity (Wildman–Crippen MR) is 217 cm³/mol. The van der Waals surface area contributed by atoms with Crippen LogP contribution in [0, 0.1) is 0 Å². The van der Waals surface area contributed by atoms with Gasteiger partial charge >= 0.3 is 0 Å². The molecule has 53 heavy (non-hydrogen) atoms. The molecule has 0 heterocycles. The van der Waals surface area contributed by atoms with Crippen LogP contribution in [-0.2, 0) is 23.9 Å². The number of amides is 3. The highest BCUT2D eigenvalue weighted by molar-refractivity contribution is 8.01. The van der Waals surface area contributed by atoms with Gasteiger partial charge in [0.15, 0.2) is 0 Å². The molecule has 8 heteroatoms. The molecule has 266 valence electrons. The third kappa shape index (κ3) is 8.57. The minimum absolute atomic E-state index is 0.0278. The summed E-state index contributed by atoms with van der Waals surface area (Å²) in [7, 11) is 0. The number of primary amides is 1. The normalized spacial score (nSPS) is 12.0. The van der Waals surface area contributed by atoms with Gasteiger partial charge in [0.1, 0.15) is 6.04 Å². The third-order valence-electron chi connectivity index (χ3n) is 9.10. The summed E-state index contributed by atoms with van der Waals surface area (Å²) in [5, 5.41) is 5.66. The number of hydrogen-bond donors (Lipinski definition) is 3. The van der Waals surface area contributed by atoms with Crippen LogP contribution in [0.2, 0.25) is 0 Å². The van der Waals surface area contributed by atoms with Crippen LogP contribution in [0.4, 0.5) is 0 Å². The van der Waals surface area contributed by atoms with Crippen molar-refractivity contribution in [3.05, 3.63) is 215 Å².